The first-order valence-corrected chi connectivity index (χ1v) is 8.14. The second-order valence-corrected chi connectivity index (χ2v) is 5.97. The molecule has 136 valence electrons. The zero-order valence-electron chi connectivity index (χ0n) is 14.2. The molecule has 1 N–H and O–H groups in total. The van der Waals surface area contributed by atoms with Gasteiger partial charge in [-0.15, -0.1) is 0 Å². The Morgan fingerprint density at radius 1 is 1.23 bits per heavy atom. The van der Waals surface area contributed by atoms with Gasteiger partial charge in [-0.1, -0.05) is 6.07 Å². The van der Waals surface area contributed by atoms with Gasteiger partial charge < -0.3 is 15.0 Å². The van der Waals surface area contributed by atoms with Crippen molar-refractivity contribution in [3.8, 4) is 0 Å². The van der Waals surface area contributed by atoms with E-state index in [9.17, 15) is 19.3 Å². The summed E-state index contributed by atoms with van der Waals surface area (Å²) in [5.41, 5.74) is 1.60. The number of hydrogen-bond acceptors (Lipinski definition) is 5. The molecule has 0 bridgehead atoms. The fourth-order valence-electron chi connectivity index (χ4n) is 2.82. The molecule has 1 fully saturated rings. The first kappa shape index (κ1) is 17.8. The predicted molar refractivity (Wildman–Crippen MR) is 95.2 cm³/mol. The highest BCUT2D eigenvalue weighted by atomic mass is 19.1. The van der Waals surface area contributed by atoms with E-state index in [2.05, 4.69) is 5.32 Å². The minimum absolute atomic E-state index is 0.171. The maximum absolute atomic E-state index is 13.5. The van der Waals surface area contributed by atoms with Gasteiger partial charge >= 0.3 is 0 Å². The number of carbonyl (C=O) groups is 1. The van der Waals surface area contributed by atoms with Gasteiger partial charge in [-0.25, -0.2) is 4.39 Å². The van der Waals surface area contributed by atoms with Crippen LogP contribution in [0.4, 0.5) is 21.5 Å². The standard InChI is InChI=1S/C18H18FN3O4/c1-12-2-3-13(19)10-16(12)20-18(23)15-11-14(22(24)25)4-5-17(15)21-6-8-26-9-7-21/h2-5,10-11H,6-9H2,1H3,(H,20,23). The Kier molecular flexibility index (Phi) is 5.13. The van der Waals surface area contributed by atoms with Gasteiger partial charge in [0.15, 0.2) is 0 Å². The lowest BCUT2D eigenvalue weighted by Crippen LogP contribution is -2.37. The molecule has 1 aliphatic rings. The van der Waals surface area contributed by atoms with E-state index in [1.54, 1.807) is 19.1 Å². The lowest BCUT2D eigenvalue weighted by molar-refractivity contribution is -0.384. The normalized spacial score (nSPS) is 14.2. The van der Waals surface area contributed by atoms with Crippen molar-refractivity contribution in [1.82, 2.24) is 0 Å². The number of ether oxygens (including phenoxy) is 1. The fraction of sp³-hybridized carbons (Fsp3) is 0.278. The molecule has 1 aliphatic heterocycles. The molecule has 1 heterocycles. The van der Waals surface area contributed by atoms with Gasteiger partial charge in [0.25, 0.3) is 11.6 Å². The predicted octanol–water partition coefficient (Wildman–Crippen LogP) is 3.13. The van der Waals surface area contributed by atoms with Gasteiger partial charge in [0.1, 0.15) is 5.82 Å². The lowest BCUT2D eigenvalue weighted by Gasteiger charge is -2.30. The topological polar surface area (TPSA) is 84.7 Å². The van der Waals surface area contributed by atoms with Crippen LogP contribution in [0, 0.1) is 22.9 Å². The van der Waals surface area contributed by atoms with Crippen LogP contribution in [0.15, 0.2) is 36.4 Å². The van der Waals surface area contributed by atoms with Gasteiger partial charge in [-0.2, -0.15) is 0 Å². The van der Waals surface area contributed by atoms with E-state index in [1.165, 1.54) is 24.3 Å². The molecular formula is C18H18FN3O4. The highest BCUT2D eigenvalue weighted by Gasteiger charge is 2.22. The number of nitrogens with zero attached hydrogens (tertiary/aromatic N) is 2. The fourth-order valence-corrected chi connectivity index (χ4v) is 2.82. The molecule has 1 amide bonds. The number of rotatable bonds is 4. The Hall–Kier alpha value is -3.00. The van der Waals surface area contributed by atoms with Gasteiger partial charge in [0.05, 0.1) is 29.4 Å². The van der Waals surface area contributed by atoms with E-state index in [4.69, 9.17) is 4.74 Å². The largest absolute Gasteiger partial charge is 0.378 e. The van der Waals surface area contributed by atoms with Gasteiger partial charge in [0.2, 0.25) is 0 Å². The number of hydrogen-bond donors (Lipinski definition) is 1. The van der Waals surface area contributed by atoms with E-state index in [0.717, 1.165) is 0 Å². The summed E-state index contributed by atoms with van der Waals surface area (Å²) < 4.78 is 18.8. The summed E-state index contributed by atoms with van der Waals surface area (Å²) in [7, 11) is 0. The molecule has 0 spiro atoms. The molecular weight excluding hydrogens is 341 g/mol. The number of anilines is 2. The summed E-state index contributed by atoms with van der Waals surface area (Å²) in [6.07, 6.45) is 0. The summed E-state index contributed by atoms with van der Waals surface area (Å²) in [6, 6.07) is 8.26. The number of morpholine rings is 1. The number of nitro groups is 1. The van der Waals surface area contributed by atoms with Gasteiger partial charge in [-0.3, -0.25) is 14.9 Å². The van der Waals surface area contributed by atoms with Crippen molar-refractivity contribution in [3.05, 3.63) is 63.5 Å². The van der Waals surface area contributed by atoms with Crippen molar-refractivity contribution in [3.63, 3.8) is 0 Å². The van der Waals surface area contributed by atoms with Crippen molar-refractivity contribution in [1.29, 1.82) is 0 Å². The van der Waals surface area contributed by atoms with Crippen LogP contribution in [-0.2, 0) is 4.74 Å². The Balaban J connectivity index is 1.97. The molecule has 0 aliphatic carbocycles. The zero-order chi connectivity index (χ0) is 18.7. The molecule has 8 heteroatoms. The Morgan fingerprint density at radius 2 is 1.96 bits per heavy atom. The third-order valence-electron chi connectivity index (χ3n) is 4.24. The molecule has 2 aromatic rings. The Morgan fingerprint density at radius 3 is 2.65 bits per heavy atom. The molecule has 0 aromatic heterocycles. The lowest BCUT2D eigenvalue weighted by atomic mass is 10.1. The van der Waals surface area contributed by atoms with Crippen molar-refractivity contribution in [2.24, 2.45) is 0 Å². The van der Waals surface area contributed by atoms with Crippen molar-refractivity contribution >= 4 is 23.0 Å². The van der Waals surface area contributed by atoms with Crippen LogP contribution in [0.25, 0.3) is 0 Å². The van der Waals surface area contributed by atoms with Crippen molar-refractivity contribution in [2.75, 3.05) is 36.5 Å². The quantitative estimate of drug-likeness (QED) is 0.670. The second-order valence-electron chi connectivity index (χ2n) is 5.97. The van der Waals surface area contributed by atoms with Gasteiger partial charge in [0, 0.05) is 30.9 Å². The van der Waals surface area contributed by atoms with Crippen LogP contribution in [-0.4, -0.2) is 37.1 Å². The smallest absolute Gasteiger partial charge is 0.270 e. The molecule has 3 rings (SSSR count). The highest BCUT2D eigenvalue weighted by Crippen LogP contribution is 2.28. The number of halogens is 1. The van der Waals surface area contributed by atoms with E-state index < -0.39 is 16.6 Å². The van der Waals surface area contributed by atoms with E-state index in [1.807, 2.05) is 4.90 Å². The van der Waals surface area contributed by atoms with Crippen LogP contribution < -0.4 is 10.2 Å². The summed E-state index contributed by atoms with van der Waals surface area (Å²) >= 11 is 0. The molecule has 26 heavy (non-hydrogen) atoms. The average molecular weight is 359 g/mol. The highest BCUT2D eigenvalue weighted by molar-refractivity contribution is 6.09. The number of nitro benzene ring substituents is 1. The van der Waals surface area contributed by atoms with E-state index in [0.29, 0.717) is 43.2 Å². The van der Waals surface area contributed by atoms with Crippen LogP contribution >= 0.6 is 0 Å². The second kappa shape index (κ2) is 7.49. The minimum Gasteiger partial charge on any atom is -0.378 e. The molecule has 7 nitrogen and oxygen atoms in total. The minimum atomic E-state index is -0.548. The molecule has 1 saturated heterocycles. The van der Waals surface area contributed by atoms with Gasteiger partial charge in [-0.05, 0) is 30.7 Å². The Labute approximate surface area is 149 Å². The number of carbonyl (C=O) groups excluding carboxylic acids is 1. The first-order chi connectivity index (χ1) is 12.5. The van der Waals surface area contributed by atoms with Crippen LogP contribution in [0.2, 0.25) is 0 Å². The van der Waals surface area contributed by atoms with Crippen molar-refractivity contribution in [2.45, 2.75) is 6.92 Å². The summed E-state index contributed by atoms with van der Waals surface area (Å²) in [6.45, 7) is 3.93. The summed E-state index contributed by atoms with van der Waals surface area (Å²) in [5.74, 6) is -0.998. The van der Waals surface area contributed by atoms with Crippen LogP contribution in [0.1, 0.15) is 15.9 Å². The Bertz CT molecular complexity index is 850. The van der Waals surface area contributed by atoms with Crippen molar-refractivity contribution < 1.29 is 18.8 Å². The van der Waals surface area contributed by atoms with Crippen LogP contribution in [0.5, 0.6) is 0 Å². The third-order valence-corrected chi connectivity index (χ3v) is 4.24. The monoisotopic (exact) mass is 359 g/mol. The maximum atomic E-state index is 13.5. The number of nitrogens with one attached hydrogen (secondary N) is 1. The molecule has 0 radical (unpaired) electrons. The number of aryl methyl sites for hydroxylation is 1. The van der Waals surface area contributed by atoms with E-state index >= 15 is 0 Å². The maximum Gasteiger partial charge on any atom is 0.270 e. The summed E-state index contributed by atoms with van der Waals surface area (Å²) in [5, 5.41) is 13.8. The number of benzene rings is 2. The zero-order valence-corrected chi connectivity index (χ0v) is 14.2. The van der Waals surface area contributed by atoms with Crippen LogP contribution in [0.3, 0.4) is 0 Å². The number of amides is 1. The summed E-state index contributed by atoms with van der Waals surface area (Å²) in [4.78, 5) is 25.3. The molecule has 0 atom stereocenters. The van der Waals surface area contributed by atoms with E-state index in [-0.39, 0.29) is 11.3 Å². The first-order valence-electron chi connectivity index (χ1n) is 8.14. The average Bonchev–Trinajstić information content (AvgIpc) is 2.65. The molecule has 0 unspecified atom stereocenters. The molecule has 2 aromatic carbocycles. The molecule has 0 saturated carbocycles. The number of non-ortho nitro benzene ring substituents is 1. The SMILES string of the molecule is Cc1ccc(F)cc1NC(=O)c1cc([N+](=O)[O-])ccc1N1CCOCC1. The third kappa shape index (κ3) is 3.80.